The summed E-state index contributed by atoms with van der Waals surface area (Å²) in [7, 11) is 0. The molecule has 0 saturated carbocycles. The van der Waals surface area contributed by atoms with Gasteiger partial charge >= 0.3 is 0 Å². The van der Waals surface area contributed by atoms with Gasteiger partial charge in [0.15, 0.2) is 0 Å². The van der Waals surface area contributed by atoms with Crippen molar-refractivity contribution in [2.24, 2.45) is 5.10 Å². The fraction of sp³-hybridized carbons (Fsp3) is 0.0588. The van der Waals surface area contributed by atoms with Gasteiger partial charge in [-0.3, -0.25) is 15.5 Å². The molecule has 0 aliphatic carbocycles. The van der Waals surface area contributed by atoms with Crippen LogP contribution in [-0.4, -0.2) is 20.7 Å². The summed E-state index contributed by atoms with van der Waals surface area (Å²) in [5.41, 5.74) is 5.67. The average Bonchev–Trinajstić information content (AvgIpc) is 3.09. The van der Waals surface area contributed by atoms with E-state index in [9.17, 15) is 15.2 Å². The molecule has 0 spiro atoms. The molecule has 0 bridgehead atoms. The number of benzene rings is 2. The molecule has 0 atom stereocenters. The number of anilines is 1. The van der Waals surface area contributed by atoms with Gasteiger partial charge in [0.05, 0.1) is 16.3 Å². The van der Waals surface area contributed by atoms with Crippen molar-refractivity contribution in [3.8, 4) is 17.0 Å². The van der Waals surface area contributed by atoms with Crippen molar-refractivity contribution in [1.82, 2.24) is 4.98 Å². The minimum absolute atomic E-state index is 0.0419. The summed E-state index contributed by atoms with van der Waals surface area (Å²) in [6.45, 7) is 1.78. The second kappa shape index (κ2) is 7.10. The first kappa shape index (κ1) is 16.6. The zero-order valence-corrected chi connectivity index (χ0v) is 14.0. The molecule has 1 heterocycles. The smallest absolute Gasteiger partial charge is 0.269 e. The van der Waals surface area contributed by atoms with E-state index in [0.717, 1.165) is 5.56 Å². The molecule has 8 heteroatoms. The van der Waals surface area contributed by atoms with E-state index < -0.39 is 4.92 Å². The van der Waals surface area contributed by atoms with Gasteiger partial charge in [-0.25, -0.2) is 4.98 Å². The van der Waals surface area contributed by atoms with E-state index in [-0.39, 0.29) is 11.4 Å². The summed E-state index contributed by atoms with van der Waals surface area (Å²) in [6.07, 6.45) is 0. The second-order valence-electron chi connectivity index (χ2n) is 5.17. The predicted octanol–water partition coefficient (Wildman–Crippen LogP) is 4.26. The fourth-order valence-corrected chi connectivity index (χ4v) is 2.84. The lowest BCUT2D eigenvalue weighted by molar-refractivity contribution is -0.384. The standard InChI is InChI=1S/C17H14N4O3S/c1-11(14-4-2-3-5-16(14)22)19-20-17-18-15(10-25-17)12-6-8-13(9-7-12)21(23)24/h2-10,22H,1H3,(H,18,20)/b19-11+. The van der Waals surface area contributed by atoms with Gasteiger partial charge in [0.1, 0.15) is 5.75 Å². The molecule has 2 aromatic carbocycles. The number of aromatic hydroxyl groups is 1. The first-order valence-corrected chi connectivity index (χ1v) is 8.21. The molecule has 3 rings (SSSR count). The predicted molar refractivity (Wildman–Crippen MR) is 98.1 cm³/mol. The van der Waals surface area contributed by atoms with Crippen LogP contribution in [0, 0.1) is 10.1 Å². The lowest BCUT2D eigenvalue weighted by Gasteiger charge is -2.03. The average molecular weight is 354 g/mol. The Labute approximate surface area is 147 Å². The highest BCUT2D eigenvalue weighted by molar-refractivity contribution is 7.14. The van der Waals surface area contributed by atoms with Crippen molar-refractivity contribution < 1.29 is 10.0 Å². The van der Waals surface area contributed by atoms with Gasteiger partial charge < -0.3 is 5.11 Å². The molecule has 0 amide bonds. The normalized spacial score (nSPS) is 11.3. The van der Waals surface area contributed by atoms with Crippen molar-refractivity contribution in [2.75, 3.05) is 5.43 Å². The molecule has 0 unspecified atom stereocenters. The van der Waals surface area contributed by atoms with Crippen LogP contribution < -0.4 is 5.43 Å². The van der Waals surface area contributed by atoms with Crippen LogP contribution >= 0.6 is 11.3 Å². The highest BCUT2D eigenvalue weighted by Gasteiger charge is 2.08. The minimum Gasteiger partial charge on any atom is -0.507 e. The molecular formula is C17H14N4O3S. The fourth-order valence-electron chi connectivity index (χ4n) is 2.18. The van der Waals surface area contributed by atoms with E-state index in [1.807, 2.05) is 11.4 Å². The lowest BCUT2D eigenvalue weighted by atomic mass is 10.1. The summed E-state index contributed by atoms with van der Waals surface area (Å²) in [5, 5.41) is 27.2. The van der Waals surface area contributed by atoms with Gasteiger partial charge in [0, 0.05) is 28.6 Å². The Bertz CT molecular complexity index is 935. The number of phenols is 1. The number of phenolic OH excluding ortho intramolecular Hbond substituents is 1. The summed E-state index contributed by atoms with van der Waals surface area (Å²) < 4.78 is 0. The number of non-ortho nitro benzene ring substituents is 1. The van der Waals surface area contributed by atoms with Gasteiger partial charge in [-0.15, -0.1) is 11.3 Å². The van der Waals surface area contributed by atoms with Crippen LogP contribution in [0.1, 0.15) is 12.5 Å². The number of nitro benzene ring substituents is 1. The number of hydrogen-bond donors (Lipinski definition) is 2. The van der Waals surface area contributed by atoms with Crippen LogP contribution in [0.5, 0.6) is 5.75 Å². The summed E-state index contributed by atoms with van der Waals surface area (Å²) >= 11 is 1.37. The molecule has 3 aromatic rings. The number of nitrogens with one attached hydrogen (secondary N) is 1. The first-order valence-electron chi connectivity index (χ1n) is 7.33. The maximum atomic E-state index is 10.7. The van der Waals surface area contributed by atoms with E-state index in [4.69, 9.17) is 0 Å². The molecule has 25 heavy (non-hydrogen) atoms. The number of rotatable bonds is 5. The molecular weight excluding hydrogens is 340 g/mol. The summed E-state index contributed by atoms with van der Waals surface area (Å²) in [5.74, 6) is 0.163. The molecule has 2 N–H and O–H groups in total. The van der Waals surface area contributed by atoms with Crippen LogP contribution in [0.3, 0.4) is 0 Å². The zero-order chi connectivity index (χ0) is 17.8. The van der Waals surface area contributed by atoms with E-state index in [1.54, 1.807) is 37.3 Å². The topological polar surface area (TPSA) is 101 Å². The van der Waals surface area contributed by atoms with Crippen molar-refractivity contribution in [2.45, 2.75) is 6.92 Å². The molecule has 0 saturated heterocycles. The van der Waals surface area contributed by atoms with Crippen LogP contribution in [0.4, 0.5) is 10.8 Å². The highest BCUT2D eigenvalue weighted by atomic mass is 32.1. The van der Waals surface area contributed by atoms with Crippen molar-refractivity contribution >= 4 is 27.9 Å². The van der Waals surface area contributed by atoms with Crippen LogP contribution in [-0.2, 0) is 0 Å². The minimum atomic E-state index is -0.436. The lowest BCUT2D eigenvalue weighted by Crippen LogP contribution is -1.99. The third kappa shape index (κ3) is 3.81. The third-order valence-electron chi connectivity index (χ3n) is 3.49. The van der Waals surface area contributed by atoms with Crippen molar-refractivity contribution in [1.29, 1.82) is 0 Å². The summed E-state index contributed by atoms with van der Waals surface area (Å²) in [6, 6.07) is 13.2. The molecule has 0 aliphatic heterocycles. The van der Waals surface area contributed by atoms with Gasteiger partial charge in [-0.2, -0.15) is 5.10 Å². The number of aromatic nitrogens is 1. The third-order valence-corrected chi connectivity index (χ3v) is 4.24. The highest BCUT2D eigenvalue weighted by Crippen LogP contribution is 2.26. The van der Waals surface area contributed by atoms with Gasteiger partial charge in [0.2, 0.25) is 5.13 Å². The number of hydrogen-bond acceptors (Lipinski definition) is 7. The number of nitro groups is 1. The first-order chi connectivity index (χ1) is 12.0. The van der Waals surface area contributed by atoms with E-state index in [0.29, 0.717) is 22.1 Å². The van der Waals surface area contributed by atoms with Gasteiger partial charge in [-0.1, -0.05) is 12.1 Å². The second-order valence-corrected chi connectivity index (χ2v) is 6.03. The number of hydrazone groups is 1. The van der Waals surface area contributed by atoms with E-state index in [1.165, 1.54) is 23.5 Å². The molecule has 0 radical (unpaired) electrons. The van der Waals surface area contributed by atoms with Crippen LogP contribution in [0.15, 0.2) is 59.0 Å². The summed E-state index contributed by atoms with van der Waals surface area (Å²) in [4.78, 5) is 14.7. The monoisotopic (exact) mass is 354 g/mol. The van der Waals surface area contributed by atoms with E-state index >= 15 is 0 Å². The molecule has 7 nitrogen and oxygen atoms in total. The number of nitrogens with zero attached hydrogens (tertiary/aromatic N) is 3. The van der Waals surface area contributed by atoms with Crippen LogP contribution in [0.25, 0.3) is 11.3 Å². The molecule has 1 aromatic heterocycles. The molecule has 0 fully saturated rings. The van der Waals surface area contributed by atoms with Crippen LogP contribution in [0.2, 0.25) is 0 Å². The Morgan fingerprint density at radius 2 is 1.96 bits per heavy atom. The van der Waals surface area contributed by atoms with Gasteiger partial charge in [-0.05, 0) is 31.2 Å². The number of para-hydroxylation sites is 1. The Balaban J connectivity index is 1.74. The maximum absolute atomic E-state index is 10.7. The zero-order valence-electron chi connectivity index (χ0n) is 13.2. The van der Waals surface area contributed by atoms with Crippen molar-refractivity contribution in [3.63, 3.8) is 0 Å². The Morgan fingerprint density at radius 3 is 2.64 bits per heavy atom. The molecule has 126 valence electrons. The Morgan fingerprint density at radius 1 is 1.24 bits per heavy atom. The van der Waals surface area contributed by atoms with Gasteiger partial charge in [0.25, 0.3) is 5.69 Å². The number of thiazole rings is 1. The Hall–Kier alpha value is -3.26. The largest absolute Gasteiger partial charge is 0.507 e. The SMILES string of the molecule is C/C(=N\Nc1nc(-c2ccc([N+](=O)[O-])cc2)cs1)c1ccccc1O. The Kier molecular flexibility index (Phi) is 4.71. The molecule has 0 aliphatic rings. The quantitative estimate of drug-likeness (QED) is 0.405. The van der Waals surface area contributed by atoms with E-state index in [2.05, 4.69) is 15.5 Å². The maximum Gasteiger partial charge on any atom is 0.269 e. The van der Waals surface area contributed by atoms with Crippen molar-refractivity contribution in [3.05, 3.63) is 69.6 Å².